The Hall–Kier alpha value is -1.30. The number of rotatable bonds is 1. The molecule has 0 aromatic carbocycles. The summed E-state index contributed by atoms with van der Waals surface area (Å²) >= 11 is 0. The van der Waals surface area contributed by atoms with Crippen molar-refractivity contribution < 1.29 is 24.9 Å². The van der Waals surface area contributed by atoms with Gasteiger partial charge in [0.1, 0.15) is 6.04 Å². The summed E-state index contributed by atoms with van der Waals surface area (Å²) in [6.07, 6.45) is -2.11. The number of carboxylic acid groups (broad SMARTS) is 2. The predicted octanol–water partition coefficient (Wildman–Crippen LogP) is 2.12. The van der Waals surface area contributed by atoms with Gasteiger partial charge in [-0.15, -0.1) is 0 Å². The summed E-state index contributed by atoms with van der Waals surface area (Å²) in [5.41, 5.74) is -0.847. The first-order valence-corrected chi connectivity index (χ1v) is 7.19. The molecule has 0 aromatic rings. The van der Waals surface area contributed by atoms with Crippen molar-refractivity contribution in [3.8, 4) is 0 Å². The molecule has 0 aliphatic carbocycles. The Morgan fingerprint density at radius 3 is 1.76 bits per heavy atom. The maximum atomic E-state index is 11.6. The molecular weight excluding hydrogens is 274 g/mol. The number of aliphatic hydroxyl groups is 1. The first kappa shape index (κ1) is 17.8. The second-order valence-corrected chi connectivity index (χ2v) is 8.07. The van der Waals surface area contributed by atoms with E-state index in [1.54, 1.807) is 0 Å². The highest BCUT2D eigenvalue weighted by Gasteiger charge is 2.54. The van der Waals surface area contributed by atoms with Crippen LogP contribution in [-0.2, 0) is 4.79 Å². The fourth-order valence-corrected chi connectivity index (χ4v) is 3.32. The van der Waals surface area contributed by atoms with Crippen LogP contribution in [0.5, 0.6) is 0 Å². The maximum absolute atomic E-state index is 11.6. The molecular formula is C15H27NO5. The summed E-state index contributed by atoms with van der Waals surface area (Å²) in [6, 6.07) is -1.23. The van der Waals surface area contributed by atoms with E-state index in [-0.39, 0.29) is 17.9 Å². The molecule has 3 N–H and O–H groups in total. The highest BCUT2D eigenvalue weighted by atomic mass is 16.4. The molecule has 2 unspecified atom stereocenters. The summed E-state index contributed by atoms with van der Waals surface area (Å²) in [4.78, 5) is 24.1. The zero-order valence-corrected chi connectivity index (χ0v) is 13.6. The first-order chi connectivity index (χ1) is 9.28. The summed E-state index contributed by atoms with van der Waals surface area (Å²) < 4.78 is 0. The zero-order chi connectivity index (χ0) is 16.7. The monoisotopic (exact) mass is 301 g/mol. The lowest BCUT2D eigenvalue weighted by Crippen LogP contribution is -2.65. The quantitative estimate of drug-likeness (QED) is 0.689. The molecule has 0 saturated carbocycles. The van der Waals surface area contributed by atoms with Crippen LogP contribution < -0.4 is 0 Å². The van der Waals surface area contributed by atoms with Crippen molar-refractivity contribution >= 4 is 12.1 Å². The van der Waals surface area contributed by atoms with Crippen LogP contribution in [0, 0.1) is 22.7 Å². The summed E-state index contributed by atoms with van der Waals surface area (Å²) in [6.45, 7) is 11.3. The second kappa shape index (κ2) is 5.48. The zero-order valence-electron chi connectivity index (χ0n) is 13.6. The molecule has 21 heavy (non-hydrogen) atoms. The minimum Gasteiger partial charge on any atom is -0.480 e. The van der Waals surface area contributed by atoms with E-state index in [0.717, 1.165) is 4.90 Å². The fourth-order valence-electron chi connectivity index (χ4n) is 3.32. The molecule has 122 valence electrons. The minimum atomic E-state index is -1.25. The van der Waals surface area contributed by atoms with E-state index in [1.165, 1.54) is 0 Å². The van der Waals surface area contributed by atoms with Crippen molar-refractivity contribution in [2.45, 2.75) is 53.7 Å². The van der Waals surface area contributed by atoms with Gasteiger partial charge in [-0.2, -0.15) is 0 Å². The number of aliphatic hydroxyl groups excluding tert-OH is 1. The van der Waals surface area contributed by atoms with Crippen LogP contribution in [0.4, 0.5) is 4.79 Å². The molecule has 1 aliphatic rings. The van der Waals surface area contributed by atoms with E-state index in [9.17, 15) is 24.9 Å². The SMILES string of the molecule is CC(C)(C)C1CN(C(=O)O)[C@H](C(=O)O)C(C(C)(C)C)[C@@H]1O. The Morgan fingerprint density at radius 2 is 1.48 bits per heavy atom. The van der Waals surface area contributed by atoms with Crippen molar-refractivity contribution in [3.05, 3.63) is 0 Å². The predicted molar refractivity (Wildman–Crippen MR) is 78.1 cm³/mol. The van der Waals surface area contributed by atoms with Gasteiger partial charge in [0.05, 0.1) is 6.10 Å². The average molecular weight is 301 g/mol. The lowest BCUT2D eigenvalue weighted by atomic mass is 9.62. The molecule has 0 bridgehead atoms. The second-order valence-electron chi connectivity index (χ2n) is 8.07. The van der Waals surface area contributed by atoms with Crippen LogP contribution in [0.2, 0.25) is 0 Å². The van der Waals surface area contributed by atoms with Crippen LogP contribution in [0.25, 0.3) is 0 Å². The number of hydrogen-bond donors (Lipinski definition) is 3. The van der Waals surface area contributed by atoms with E-state index in [0.29, 0.717) is 0 Å². The van der Waals surface area contributed by atoms with E-state index in [4.69, 9.17) is 0 Å². The van der Waals surface area contributed by atoms with Crippen molar-refractivity contribution in [2.24, 2.45) is 22.7 Å². The van der Waals surface area contributed by atoms with Gasteiger partial charge in [0.15, 0.2) is 0 Å². The summed E-state index contributed by atoms with van der Waals surface area (Å²) in [5.74, 6) is -2.18. The number of carbonyl (C=O) groups is 2. The van der Waals surface area contributed by atoms with Crippen molar-refractivity contribution in [1.29, 1.82) is 0 Å². The van der Waals surface area contributed by atoms with E-state index in [2.05, 4.69) is 0 Å². The van der Waals surface area contributed by atoms with E-state index in [1.807, 2.05) is 41.5 Å². The smallest absolute Gasteiger partial charge is 0.408 e. The third-order valence-electron chi connectivity index (χ3n) is 4.46. The third-order valence-corrected chi connectivity index (χ3v) is 4.46. The number of amides is 1. The Morgan fingerprint density at radius 1 is 1.00 bits per heavy atom. The van der Waals surface area contributed by atoms with Crippen LogP contribution >= 0.6 is 0 Å². The molecule has 4 atom stereocenters. The molecule has 0 spiro atoms. The van der Waals surface area contributed by atoms with Gasteiger partial charge in [-0.3, -0.25) is 4.90 Å². The maximum Gasteiger partial charge on any atom is 0.408 e. The number of aliphatic carboxylic acids is 1. The molecule has 0 aromatic heterocycles. The molecule has 1 saturated heterocycles. The van der Waals surface area contributed by atoms with Gasteiger partial charge < -0.3 is 15.3 Å². The van der Waals surface area contributed by atoms with Gasteiger partial charge >= 0.3 is 12.1 Å². The Kier molecular flexibility index (Phi) is 4.63. The summed E-state index contributed by atoms with van der Waals surface area (Å²) in [5, 5.41) is 29.6. The van der Waals surface area contributed by atoms with Gasteiger partial charge in [0, 0.05) is 18.4 Å². The topological polar surface area (TPSA) is 98.1 Å². The average Bonchev–Trinajstić information content (AvgIpc) is 2.23. The van der Waals surface area contributed by atoms with Gasteiger partial charge in [0.2, 0.25) is 0 Å². The van der Waals surface area contributed by atoms with Crippen LogP contribution in [-0.4, -0.2) is 51.0 Å². The molecule has 1 amide bonds. The highest BCUT2D eigenvalue weighted by molar-refractivity contribution is 5.80. The number of likely N-dealkylation sites (tertiary alicyclic amines) is 1. The minimum absolute atomic E-state index is 0.0313. The fraction of sp³-hybridized carbons (Fsp3) is 0.867. The number of hydrogen-bond acceptors (Lipinski definition) is 3. The normalized spacial score (nSPS) is 31.1. The van der Waals surface area contributed by atoms with Gasteiger partial charge in [0.25, 0.3) is 0 Å². The first-order valence-electron chi connectivity index (χ1n) is 7.19. The van der Waals surface area contributed by atoms with Crippen LogP contribution in [0.15, 0.2) is 0 Å². The Labute approximate surface area is 125 Å². The Bertz CT molecular complexity index is 421. The van der Waals surface area contributed by atoms with Crippen LogP contribution in [0.1, 0.15) is 41.5 Å². The lowest BCUT2D eigenvalue weighted by molar-refractivity contribution is -0.164. The molecule has 6 heteroatoms. The molecule has 1 rings (SSSR count). The van der Waals surface area contributed by atoms with E-state index >= 15 is 0 Å². The number of nitrogens with zero attached hydrogens (tertiary/aromatic N) is 1. The molecule has 1 fully saturated rings. The van der Waals surface area contributed by atoms with Crippen molar-refractivity contribution in [1.82, 2.24) is 4.90 Å². The lowest BCUT2D eigenvalue weighted by Gasteiger charge is -2.52. The summed E-state index contributed by atoms with van der Waals surface area (Å²) in [7, 11) is 0. The number of carboxylic acids is 1. The molecule has 1 aliphatic heterocycles. The van der Waals surface area contributed by atoms with Gasteiger partial charge in [-0.25, -0.2) is 9.59 Å². The largest absolute Gasteiger partial charge is 0.480 e. The standard InChI is InChI=1S/C15H27NO5/c1-14(2,3)8-7-16(13(20)21)10(12(18)19)9(11(8)17)15(4,5)6/h8-11,17H,7H2,1-6H3,(H,18,19)(H,20,21)/t8?,9?,10-,11+/m0/s1. The highest BCUT2D eigenvalue weighted by Crippen LogP contribution is 2.45. The number of piperidine rings is 1. The molecule has 1 heterocycles. The molecule has 6 nitrogen and oxygen atoms in total. The van der Waals surface area contributed by atoms with Crippen molar-refractivity contribution in [2.75, 3.05) is 6.54 Å². The molecule has 0 radical (unpaired) electrons. The van der Waals surface area contributed by atoms with E-state index < -0.39 is 35.5 Å². The van der Waals surface area contributed by atoms with Crippen LogP contribution in [0.3, 0.4) is 0 Å². The third kappa shape index (κ3) is 3.48. The van der Waals surface area contributed by atoms with Gasteiger partial charge in [-0.05, 0) is 10.8 Å². The Balaban J connectivity index is 3.37. The van der Waals surface area contributed by atoms with Gasteiger partial charge in [-0.1, -0.05) is 41.5 Å². The van der Waals surface area contributed by atoms with Crippen molar-refractivity contribution in [3.63, 3.8) is 0 Å².